The number of allylic oxidation sites excluding steroid dienone is 3. The lowest BCUT2D eigenvalue weighted by Gasteiger charge is -2.53. The summed E-state index contributed by atoms with van der Waals surface area (Å²) in [4.78, 5) is 5.40. The van der Waals surface area contributed by atoms with E-state index >= 15 is 0 Å². The number of hydrogen-bond acceptors (Lipinski definition) is 3. The van der Waals surface area contributed by atoms with Crippen LogP contribution in [0.5, 0.6) is 0 Å². The van der Waals surface area contributed by atoms with E-state index in [9.17, 15) is 0 Å². The number of rotatable bonds is 3. The van der Waals surface area contributed by atoms with Gasteiger partial charge in [-0.1, -0.05) is 157 Å². The van der Waals surface area contributed by atoms with Crippen molar-refractivity contribution in [1.82, 2.24) is 0 Å². The fraction of sp³-hybridized carbons (Fsp3) is 0.463. The summed E-state index contributed by atoms with van der Waals surface area (Å²) in [5.74, 6) is 0.431. The number of fused-ring (bicyclic) bond motifs is 8. The summed E-state index contributed by atoms with van der Waals surface area (Å²) < 4.78 is 7.80. The van der Waals surface area contributed by atoms with E-state index in [1.807, 2.05) is 0 Å². The number of anilines is 5. The first kappa shape index (κ1) is 46.8. The lowest BCUT2D eigenvalue weighted by atomic mass is 9.32. The van der Waals surface area contributed by atoms with Gasteiger partial charge in [-0.25, -0.2) is 0 Å². The molecule has 4 aliphatic carbocycles. The molecule has 4 heteroatoms. The van der Waals surface area contributed by atoms with E-state index in [0.29, 0.717) is 5.92 Å². The highest BCUT2D eigenvalue weighted by Gasteiger charge is 2.54. The zero-order valence-electron chi connectivity index (χ0n) is 46.1. The van der Waals surface area contributed by atoms with Crippen LogP contribution in [0.1, 0.15) is 182 Å². The summed E-state index contributed by atoms with van der Waals surface area (Å²) in [5.41, 5.74) is 25.7. The highest BCUT2D eigenvalue weighted by Crippen LogP contribution is 2.60. The van der Waals surface area contributed by atoms with E-state index in [1.54, 1.807) is 5.57 Å². The minimum Gasteiger partial charge on any atom is -0.468 e. The first-order valence-electron chi connectivity index (χ1n) is 27.3. The monoisotopic (exact) mass is 939 g/mol. The average molecular weight is 939 g/mol. The van der Waals surface area contributed by atoms with E-state index < -0.39 is 0 Å². The average Bonchev–Trinajstić information content (AvgIpc) is 3.68. The van der Waals surface area contributed by atoms with Crippen LogP contribution in [0.2, 0.25) is 0 Å². The summed E-state index contributed by atoms with van der Waals surface area (Å²) >= 11 is 0. The van der Waals surface area contributed by atoms with Crippen LogP contribution >= 0.6 is 0 Å². The van der Waals surface area contributed by atoms with Crippen LogP contribution < -0.4 is 20.9 Å². The van der Waals surface area contributed by atoms with Crippen molar-refractivity contribution < 1.29 is 4.42 Å². The molecule has 71 heavy (non-hydrogen) atoms. The van der Waals surface area contributed by atoms with Crippen LogP contribution in [0.25, 0.3) is 22.1 Å². The maximum absolute atomic E-state index is 7.80. The fourth-order valence-electron chi connectivity index (χ4n) is 14.6. The SMILES string of the molecule is Cc1cc2c3c(c1)N(c1ccc(C(C)(C)C)cc1-c1ccccc1)c1c(oc4cc5c(cc14)C(C)(C)CCC5(C)C)B3C1=C(C=C3C(C1)C(C)(C)CCC3(C)C)N2c1ccc2c(c1)C(C)(C)CCC2(C)C. The van der Waals surface area contributed by atoms with Crippen molar-refractivity contribution in [2.45, 2.75) is 183 Å². The standard InChI is InChI=1S/C67H79BN2O/c1-40-32-55-58-56(33-40)70(53-25-22-42(61(2,3)4)34-44(53)41-20-18-17-19-21-41)59-45-36-48-51(67(15,16)31-28-64(48,9)10)39-57(45)71-60(59)68(58)52-37-49-50(66(13,14)30-29-65(49,11)12)38-54(52)69(55)43-23-24-46-47(35-43)63(7,8)27-26-62(46,5)6/h17-25,32-36,38-39,49H,26-31,37H2,1-16H3. The third-order valence-corrected chi connectivity index (χ3v) is 19.6. The quantitative estimate of drug-likeness (QED) is 0.165. The van der Waals surface area contributed by atoms with Crippen molar-refractivity contribution in [3.05, 3.63) is 147 Å². The van der Waals surface area contributed by atoms with Crippen LogP contribution in [-0.4, -0.2) is 6.71 Å². The Hall–Kier alpha value is -5.22. The second-order valence-electron chi connectivity index (χ2n) is 28.3. The van der Waals surface area contributed by atoms with Crippen molar-refractivity contribution in [1.29, 1.82) is 0 Å². The minimum absolute atomic E-state index is 0.0284. The molecule has 366 valence electrons. The molecule has 0 N–H and O–H groups in total. The number of hydrogen-bond donors (Lipinski definition) is 0. The van der Waals surface area contributed by atoms with E-state index in [2.05, 4.69) is 218 Å². The Bertz CT molecular complexity index is 3300. The van der Waals surface area contributed by atoms with Gasteiger partial charge in [0, 0.05) is 33.7 Å². The maximum Gasteiger partial charge on any atom is 0.293 e. The molecule has 3 heterocycles. The lowest BCUT2D eigenvalue weighted by Crippen LogP contribution is -2.57. The molecular formula is C67H79BN2O. The van der Waals surface area contributed by atoms with E-state index in [1.165, 1.54) is 121 Å². The van der Waals surface area contributed by atoms with Crippen LogP contribution in [-0.2, 0) is 27.1 Å². The molecule has 0 saturated heterocycles. The molecule has 0 spiro atoms. The molecule has 3 nitrogen and oxygen atoms in total. The topological polar surface area (TPSA) is 19.6 Å². The summed E-state index contributed by atoms with van der Waals surface area (Å²) in [5, 5.41) is 1.23. The van der Waals surface area contributed by atoms with Gasteiger partial charge in [-0.15, -0.1) is 0 Å². The summed E-state index contributed by atoms with van der Waals surface area (Å²) in [6.45, 7) is 39.2. The normalized spacial score (nSPS) is 22.7. The predicted molar refractivity (Wildman–Crippen MR) is 304 cm³/mol. The van der Waals surface area contributed by atoms with Gasteiger partial charge in [-0.3, -0.25) is 0 Å². The molecule has 1 unspecified atom stereocenters. The van der Waals surface area contributed by atoms with Crippen molar-refractivity contribution in [3.63, 3.8) is 0 Å². The molecular weight excluding hydrogens is 860 g/mol. The molecule has 0 bridgehead atoms. The van der Waals surface area contributed by atoms with Crippen LogP contribution in [0.4, 0.5) is 28.4 Å². The van der Waals surface area contributed by atoms with Gasteiger partial charge < -0.3 is 14.2 Å². The van der Waals surface area contributed by atoms with Crippen molar-refractivity contribution in [2.75, 3.05) is 9.80 Å². The third-order valence-electron chi connectivity index (χ3n) is 19.6. The summed E-state index contributed by atoms with van der Waals surface area (Å²) in [6.07, 6.45) is 10.9. The Morgan fingerprint density at radius 1 is 0.577 bits per heavy atom. The predicted octanol–water partition coefficient (Wildman–Crippen LogP) is 17.5. The fourth-order valence-corrected chi connectivity index (χ4v) is 14.6. The van der Waals surface area contributed by atoms with Gasteiger partial charge >= 0.3 is 0 Å². The molecule has 12 rings (SSSR count). The Morgan fingerprint density at radius 3 is 1.82 bits per heavy atom. The maximum atomic E-state index is 7.80. The second-order valence-corrected chi connectivity index (χ2v) is 28.3. The van der Waals surface area contributed by atoms with Gasteiger partial charge in [0.25, 0.3) is 6.71 Å². The van der Waals surface area contributed by atoms with Crippen LogP contribution in [0.15, 0.2) is 118 Å². The first-order chi connectivity index (χ1) is 33.2. The number of furan rings is 1. The lowest BCUT2D eigenvalue weighted by molar-refractivity contribution is 0.122. The van der Waals surface area contributed by atoms with E-state index in [-0.39, 0.29) is 44.6 Å². The molecule has 2 aliphatic heterocycles. The number of nitrogens with zero attached hydrogens (tertiary/aromatic N) is 2. The third kappa shape index (κ3) is 6.94. The molecule has 6 aliphatic rings. The Kier molecular flexibility index (Phi) is 9.86. The molecule has 1 atom stereocenters. The molecule has 1 saturated carbocycles. The Labute approximate surface area is 427 Å². The number of benzene rings is 5. The molecule has 6 aromatic rings. The van der Waals surface area contributed by atoms with Crippen molar-refractivity contribution >= 4 is 57.2 Å². The van der Waals surface area contributed by atoms with Crippen LogP contribution in [0, 0.1) is 23.7 Å². The van der Waals surface area contributed by atoms with Gasteiger partial charge in [0.1, 0.15) is 5.58 Å². The van der Waals surface area contributed by atoms with Crippen LogP contribution in [0.3, 0.4) is 0 Å². The van der Waals surface area contributed by atoms with Gasteiger partial charge in [-0.05, 0) is 195 Å². The van der Waals surface area contributed by atoms with Crippen molar-refractivity contribution in [3.8, 4) is 11.1 Å². The summed E-state index contributed by atoms with van der Waals surface area (Å²) in [6, 6.07) is 36.2. The van der Waals surface area contributed by atoms with Gasteiger partial charge in [0.15, 0.2) is 0 Å². The van der Waals surface area contributed by atoms with Gasteiger partial charge in [0.2, 0.25) is 0 Å². The van der Waals surface area contributed by atoms with Gasteiger partial charge in [-0.2, -0.15) is 0 Å². The molecule has 0 radical (unpaired) electrons. The van der Waals surface area contributed by atoms with E-state index in [0.717, 1.165) is 30.5 Å². The molecule has 5 aromatic carbocycles. The molecule has 1 aromatic heterocycles. The minimum atomic E-state index is -0.0517. The number of aryl methyl sites for hydroxylation is 1. The zero-order chi connectivity index (χ0) is 50.3. The highest BCUT2D eigenvalue weighted by molar-refractivity contribution is 6.94. The smallest absolute Gasteiger partial charge is 0.293 e. The zero-order valence-corrected chi connectivity index (χ0v) is 46.1. The molecule has 1 fully saturated rings. The van der Waals surface area contributed by atoms with Gasteiger partial charge in [0.05, 0.1) is 17.0 Å². The van der Waals surface area contributed by atoms with E-state index in [4.69, 9.17) is 4.42 Å². The largest absolute Gasteiger partial charge is 0.468 e. The Balaban J connectivity index is 1.22. The second kappa shape index (κ2) is 14.9. The molecule has 0 amide bonds. The first-order valence-corrected chi connectivity index (χ1v) is 27.3. The highest BCUT2D eigenvalue weighted by atomic mass is 16.3. The van der Waals surface area contributed by atoms with Crippen molar-refractivity contribution in [2.24, 2.45) is 16.7 Å². The Morgan fingerprint density at radius 2 is 1.17 bits per heavy atom. The summed E-state index contributed by atoms with van der Waals surface area (Å²) in [7, 11) is 0.